The summed E-state index contributed by atoms with van der Waals surface area (Å²) in [5.74, 6) is -2.38. The SMILES string of the molecule is COc1ccccc1[C@@H]1C(C(=O)C(C)C)=C(O)C(=O)N1c1ccc(-c2ccsc2)cc1.COc1ccccc1[C@@H]1C(C(=O)C(C)C)=C(O)C(=O)N1c1ccc(Br)cc1.OB(O)c1ccsc1. The van der Waals surface area contributed by atoms with E-state index in [0.717, 1.165) is 15.6 Å². The number of Topliss-reactive ketones (excluding diaryl/α,β-unsaturated/α-hetero) is 2. The summed E-state index contributed by atoms with van der Waals surface area (Å²) in [6.45, 7) is 7.00. The van der Waals surface area contributed by atoms with E-state index in [2.05, 4.69) is 21.3 Å². The summed E-state index contributed by atoms with van der Waals surface area (Å²) in [6.07, 6.45) is 0. The number of halogens is 1. The third kappa shape index (κ3) is 10.4. The van der Waals surface area contributed by atoms with Gasteiger partial charge in [-0.2, -0.15) is 22.7 Å². The van der Waals surface area contributed by atoms with Crippen molar-refractivity contribution in [3.8, 4) is 22.6 Å². The molecule has 4 aromatic carbocycles. The van der Waals surface area contributed by atoms with Crippen LogP contribution in [0.3, 0.4) is 0 Å². The highest BCUT2D eigenvalue weighted by molar-refractivity contribution is 9.10. The molecule has 16 heteroatoms. The van der Waals surface area contributed by atoms with Crippen molar-refractivity contribution >= 4 is 85.9 Å². The molecule has 2 aliphatic heterocycles. The maximum Gasteiger partial charge on any atom is 0.489 e. The van der Waals surface area contributed by atoms with Crippen molar-refractivity contribution in [2.45, 2.75) is 39.8 Å². The van der Waals surface area contributed by atoms with Gasteiger partial charge in [0.25, 0.3) is 11.8 Å². The molecule has 2 amide bonds. The molecule has 0 spiro atoms. The molecule has 0 fully saturated rings. The predicted octanol–water partition coefficient (Wildman–Crippen LogP) is 9.56. The maximum absolute atomic E-state index is 13.2. The third-order valence-electron chi connectivity index (χ3n) is 10.8. The van der Waals surface area contributed by atoms with Gasteiger partial charge in [0.2, 0.25) is 0 Å². The van der Waals surface area contributed by atoms with Crippen LogP contribution in [-0.2, 0) is 19.2 Å². The zero-order valence-corrected chi connectivity index (χ0v) is 40.1. The number of aliphatic hydroxyl groups excluding tert-OH is 2. The second kappa shape index (κ2) is 21.8. The number of hydrogen-bond acceptors (Lipinski definition) is 12. The molecule has 0 unspecified atom stereocenters. The number of hydrogen-bond donors (Lipinski definition) is 4. The summed E-state index contributed by atoms with van der Waals surface area (Å²) in [4.78, 5) is 54.9. The molecule has 2 aliphatic rings. The number of amides is 2. The van der Waals surface area contributed by atoms with Gasteiger partial charge in [-0.05, 0) is 92.7 Å². The van der Waals surface area contributed by atoms with Gasteiger partial charge in [0.05, 0.1) is 37.4 Å². The lowest BCUT2D eigenvalue weighted by Gasteiger charge is -2.28. The van der Waals surface area contributed by atoms with E-state index in [1.54, 1.807) is 105 Å². The van der Waals surface area contributed by atoms with E-state index in [9.17, 15) is 29.4 Å². The Kier molecular flexibility index (Phi) is 16.2. The molecule has 0 saturated carbocycles. The molecule has 340 valence electrons. The third-order valence-corrected chi connectivity index (χ3v) is 12.7. The van der Waals surface area contributed by atoms with Crippen molar-refractivity contribution in [2.75, 3.05) is 24.0 Å². The fraction of sp³-hybridized carbons (Fsp3) is 0.200. The lowest BCUT2D eigenvalue weighted by Crippen LogP contribution is -2.31. The predicted molar refractivity (Wildman–Crippen MR) is 263 cm³/mol. The second-order valence-corrected chi connectivity index (χ2v) is 18.1. The van der Waals surface area contributed by atoms with Gasteiger partial charge in [-0.15, -0.1) is 0 Å². The number of thiophene rings is 2. The molecular formula is C50H48BBrN2O10S2. The van der Waals surface area contributed by atoms with Crippen molar-refractivity contribution in [3.05, 3.63) is 169 Å². The van der Waals surface area contributed by atoms with Gasteiger partial charge in [0, 0.05) is 38.8 Å². The van der Waals surface area contributed by atoms with Gasteiger partial charge in [-0.25, -0.2) is 0 Å². The fourth-order valence-electron chi connectivity index (χ4n) is 7.51. The smallest absolute Gasteiger partial charge is 0.489 e. The molecule has 12 nitrogen and oxygen atoms in total. The lowest BCUT2D eigenvalue weighted by molar-refractivity contribution is -0.119. The molecular weight excluding hydrogens is 943 g/mol. The molecule has 8 rings (SSSR count). The number of carbonyl (C=O) groups excluding carboxylic acids is 4. The van der Waals surface area contributed by atoms with Crippen LogP contribution in [0.25, 0.3) is 11.1 Å². The number of rotatable bonds is 12. The van der Waals surface area contributed by atoms with Gasteiger partial charge in [0.1, 0.15) is 11.5 Å². The first-order valence-corrected chi connectivity index (χ1v) is 23.4. The summed E-state index contributed by atoms with van der Waals surface area (Å²) in [5, 5.41) is 45.8. The van der Waals surface area contributed by atoms with E-state index in [4.69, 9.17) is 19.5 Å². The number of nitrogens with zero attached hydrogens (tertiary/aromatic N) is 2. The van der Waals surface area contributed by atoms with Gasteiger partial charge in [-0.3, -0.25) is 29.0 Å². The quantitative estimate of drug-likeness (QED) is 0.0865. The molecule has 6 aromatic rings. The normalized spacial score (nSPS) is 15.7. The highest BCUT2D eigenvalue weighted by Gasteiger charge is 2.47. The number of ether oxygens (including phenoxy) is 2. The molecule has 66 heavy (non-hydrogen) atoms. The summed E-state index contributed by atoms with van der Waals surface area (Å²) in [7, 11) is 1.78. The van der Waals surface area contributed by atoms with Crippen molar-refractivity contribution in [3.63, 3.8) is 0 Å². The number of aliphatic hydroxyl groups is 2. The van der Waals surface area contributed by atoms with Crippen LogP contribution in [-0.4, -0.2) is 65.0 Å². The Morgan fingerprint density at radius 2 is 1.03 bits per heavy atom. The molecule has 2 atom stereocenters. The minimum absolute atomic E-state index is 0.0995. The average Bonchev–Trinajstić information content (AvgIpc) is 4.15. The van der Waals surface area contributed by atoms with Crippen molar-refractivity contribution in [1.82, 2.24) is 0 Å². The molecule has 0 bridgehead atoms. The number of methoxy groups -OCH3 is 2. The van der Waals surface area contributed by atoms with Gasteiger partial charge in [0.15, 0.2) is 23.1 Å². The summed E-state index contributed by atoms with van der Waals surface area (Å²) in [5.41, 5.74) is 5.36. The Morgan fingerprint density at radius 3 is 1.39 bits per heavy atom. The first kappa shape index (κ1) is 49.1. The monoisotopic (exact) mass is 990 g/mol. The van der Waals surface area contributed by atoms with Gasteiger partial charge >= 0.3 is 7.12 Å². The average molecular weight is 992 g/mol. The summed E-state index contributed by atoms with van der Waals surface area (Å²) in [6, 6.07) is 31.3. The summed E-state index contributed by atoms with van der Waals surface area (Å²) < 4.78 is 11.8. The van der Waals surface area contributed by atoms with Crippen LogP contribution in [0, 0.1) is 11.8 Å². The Hall–Kier alpha value is -6.30. The Labute approximate surface area is 400 Å². The molecule has 2 aromatic heterocycles. The van der Waals surface area contributed by atoms with E-state index < -0.39 is 42.5 Å². The Balaban J connectivity index is 0.000000188. The number of carbonyl (C=O) groups is 4. The van der Waals surface area contributed by atoms with Crippen LogP contribution >= 0.6 is 38.6 Å². The second-order valence-electron chi connectivity index (χ2n) is 15.7. The van der Waals surface area contributed by atoms with E-state index in [-0.39, 0.29) is 34.5 Å². The largest absolute Gasteiger partial charge is 0.503 e. The van der Waals surface area contributed by atoms with Crippen LogP contribution in [0.5, 0.6) is 11.5 Å². The van der Waals surface area contributed by atoms with Gasteiger partial charge < -0.3 is 29.7 Å². The number of anilines is 2. The van der Waals surface area contributed by atoms with Crippen LogP contribution < -0.4 is 24.7 Å². The van der Waals surface area contributed by atoms with E-state index in [1.807, 2.05) is 66.0 Å². The molecule has 4 heterocycles. The van der Waals surface area contributed by atoms with Crippen LogP contribution in [0.1, 0.15) is 50.9 Å². The summed E-state index contributed by atoms with van der Waals surface area (Å²) >= 11 is 6.45. The topological polar surface area (TPSA) is 174 Å². The van der Waals surface area contributed by atoms with Crippen molar-refractivity contribution < 1.29 is 48.9 Å². The standard InChI is InChI=1S/C25H23NO4S.C21H20BrNO4.C4H5BO2S/c1-15(2)23(27)21-22(19-6-4-5-7-20(19)30-3)26(25(29)24(21)28)18-10-8-16(9-11-18)17-12-13-31-14-17;1-12(2)19(24)17-18(15-6-4-5-7-16(15)27-3)23(21(26)20(17)25)14-10-8-13(22)9-11-14;6-5(7)4-1-2-8-3-4/h4-15,22,28H,1-3H3;4-12,18,25H,1-3H3;1-3,6-7H/t22-;18-;/m11./s1. The maximum atomic E-state index is 13.2. The minimum Gasteiger partial charge on any atom is -0.503 e. The van der Waals surface area contributed by atoms with E-state index >= 15 is 0 Å². The fourth-order valence-corrected chi connectivity index (χ4v) is 9.11. The van der Waals surface area contributed by atoms with Crippen molar-refractivity contribution in [2.24, 2.45) is 11.8 Å². The van der Waals surface area contributed by atoms with E-state index in [1.165, 1.54) is 28.2 Å². The number of benzene rings is 4. The molecule has 0 aliphatic carbocycles. The lowest BCUT2D eigenvalue weighted by atomic mass is 9.83. The first-order chi connectivity index (χ1) is 31.6. The number of ketones is 2. The Bertz CT molecular complexity index is 2740. The first-order valence-electron chi connectivity index (χ1n) is 20.7. The highest BCUT2D eigenvalue weighted by atomic mass is 79.9. The zero-order valence-electron chi connectivity index (χ0n) is 36.9. The molecule has 4 N–H and O–H groups in total. The van der Waals surface area contributed by atoms with Crippen LogP contribution in [0.15, 0.2) is 158 Å². The molecule has 0 saturated heterocycles. The zero-order chi connectivity index (χ0) is 47.8. The van der Waals surface area contributed by atoms with E-state index in [0.29, 0.717) is 39.5 Å². The highest BCUT2D eigenvalue weighted by Crippen LogP contribution is 2.46. The Morgan fingerprint density at radius 1 is 0.606 bits per heavy atom. The van der Waals surface area contributed by atoms with Crippen LogP contribution in [0.2, 0.25) is 0 Å². The molecule has 0 radical (unpaired) electrons. The van der Waals surface area contributed by atoms with Crippen LogP contribution in [0.4, 0.5) is 11.4 Å². The van der Waals surface area contributed by atoms with Crippen molar-refractivity contribution in [1.29, 1.82) is 0 Å². The minimum atomic E-state index is -1.30. The number of para-hydroxylation sites is 2. The van der Waals surface area contributed by atoms with Gasteiger partial charge in [-0.1, -0.05) is 98.2 Å².